The zero-order chi connectivity index (χ0) is 10.6. The third-order valence-electron chi connectivity index (χ3n) is 2.69. The van der Waals surface area contributed by atoms with Gasteiger partial charge in [-0.05, 0) is 33.7 Å². The number of hydrogen-bond acceptors (Lipinski definition) is 3. The van der Waals surface area contributed by atoms with Crippen molar-refractivity contribution in [2.75, 3.05) is 20.3 Å². The van der Waals surface area contributed by atoms with Crippen LogP contribution in [0.25, 0.3) is 0 Å². The third-order valence-corrected chi connectivity index (χ3v) is 2.69. The summed E-state index contributed by atoms with van der Waals surface area (Å²) in [7, 11) is 1.78. The average Bonchev–Trinajstić information content (AvgIpc) is 2.17. The van der Waals surface area contributed by atoms with Gasteiger partial charge in [0.1, 0.15) is 0 Å². The third kappa shape index (κ3) is 2.96. The van der Waals surface area contributed by atoms with Crippen molar-refractivity contribution in [3.05, 3.63) is 0 Å². The summed E-state index contributed by atoms with van der Waals surface area (Å²) >= 11 is 0. The Morgan fingerprint density at radius 2 is 2.29 bits per heavy atom. The highest BCUT2D eigenvalue weighted by atomic mass is 16.5. The Morgan fingerprint density at radius 1 is 1.57 bits per heavy atom. The van der Waals surface area contributed by atoms with Crippen molar-refractivity contribution < 1.29 is 9.53 Å². The molecule has 1 rings (SSSR count). The van der Waals surface area contributed by atoms with Gasteiger partial charge < -0.3 is 15.4 Å². The SMILES string of the molecule is CNC(C)C(=O)NC1(C)CCCOC1. The van der Waals surface area contributed by atoms with E-state index in [1.807, 2.05) is 13.8 Å². The minimum atomic E-state index is -0.180. The van der Waals surface area contributed by atoms with E-state index in [0.717, 1.165) is 19.4 Å². The molecule has 2 unspecified atom stereocenters. The number of carbonyl (C=O) groups excluding carboxylic acids is 1. The number of hydrogen-bond donors (Lipinski definition) is 2. The van der Waals surface area contributed by atoms with Crippen LogP contribution in [0, 0.1) is 0 Å². The molecule has 0 radical (unpaired) electrons. The molecule has 0 saturated carbocycles. The minimum absolute atomic E-state index is 0.0421. The first-order valence-corrected chi connectivity index (χ1v) is 5.14. The lowest BCUT2D eigenvalue weighted by atomic mass is 9.94. The van der Waals surface area contributed by atoms with Gasteiger partial charge in [-0.3, -0.25) is 4.79 Å². The van der Waals surface area contributed by atoms with Crippen LogP contribution in [0.1, 0.15) is 26.7 Å². The van der Waals surface area contributed by atoms with Crippen LogP contribution in [0.3, 0.4) is 0 Å². The number of ether oxygens (including phenoxy) is 1. The van der Waals surface area contributed by atoms with Gasteiger partial charge in [0, 0.05) is 6.61 Å². The van der Waals surface area contributed by atoms with Crippen LogP contribution in [0.5, 0.6) is 0 Å². The van der Waals surface area contributed by atoms with E-state index < -0.39 is 0 Å². The van der Waals surface area contributed by atoms with Gasteiger partial charge in [-0.2, -0.15) is 0 Å². The highest BCUT2D eigenvalue weighted by Crippen LogP contribution is 2.18. The molecule has 0 aromatic carbocycles. The molecule has 2 N–H and O–H groups in total. The molecule has 0 aromatic heterocycles. The zero-order valence-electron chi connectivity index (χ0n) is 9.22. The van der Waals surface area contributed by atoms with Crippen LogP contribution in [0.4, 0.5) is 0 Å². The predicted octanol–water partition coefficient (Wildman–Crippen LogP) is 0.280. The topological polar surface area (TPSA) is 50.4 Å². The van der Waals surface area contributed by atoms with Gasteiger partial charge in [-0.25, -0.2) is 0 Å². The number of amides is 1. The van der Waals surface area contributed by atoms with Crippen LogP contribution < -0.4 is 10.6 Å². The Bertz CT molecular complexity index is 200. The van der Waals surface area contributed by atoms with Crippen LogP contribution in [-0.4, -0.2) is 37.7 Å². The summed E-state index contributed by atoms with van der Waals surface area (Å²) in [5.41, 5.74) is -0.180. The molecule has 1 aliphatic rings. The van der Waals surface area contributed by atoms with Crippen molar-refractivity contribution >= 4 is 5.91 Å². The molecule has 1 fully saturated rings. The summed E-state index contributed by atoms with van der Waals surface area (Å²) in [6, 6.07) is -0.145. The fourth-order valence-corrected chi connectivity index (χ4v) is 1.57. The summed E-state index contributed by atoms with van der Waals surface area (Å²) in [5.74, 6) is 0.0421. The average molecular weight is 200 g/mol. The Hall–Kier alpha value is -0.610. The Morgan fingerprint density at radius 3 is 2.79 bits per heavy atom. The molecule has 82 valence electrons. The molecule has 4 heteroatoms. The first-order valence-electron chi connectivity index (χ1n) is 5.14. The van der Waals surface area contributed by atoms with E-state index in [4.69, 9.17) is 4.74 Å². The normalized spacial score (nSPS) is 29.6. The van der Waals surface area contributed by atoms with Crippen molar-refractivity contribution in [1.29, 1.82) is 0 Å². The summed E-state index contributed by atoms with van der Waals surface area (Å²) in [5, 5.41) is 5.94. The Balaban J connectivity index is 2.44. The molecule has 1 aliphatic heterocycles. The molecular weight excluding hydrogens is 180 g/mol. The van der Waals surface area contributed by atoms with Crippen molar-refractivity contribution in [3.8, 4) is 0 Å². The highest BCUT2D eigenvalue weighted by molar-refractivity contribution is 5.82. The molecule has 14 heavy (non-hydrogen) atoms. The lowest BCUT2D eigenvalue weighted by Gasteiger charge is -2.35. The fourth-order valence-electron chi connectivity index (χ4n) is 1.57. The highest BCUT2D eigenvalue weighted by Gasteiger charge is 2.30. The zero-order valence-corrected chi connectivity index (χ0v) is 9.22. The molecule has 0 aromatic rings. The van der Waals surface area contributed by atoms with Gasteiger partial charge in [0.25, 0.3) is 0 Å². The molecule has 1 amide bonds. The molecular formula is C10H20N2O2. The first kappa shape index (κ1) is 11.5. The number of rotatable bonds is 3. The molecule has 1 saturated heterocycles. The van der Waals surface area contributed by atoms with Gasteiger partial charge in [0.15, 0.2) is 0 Å². The smallest absolute Gasteiger partial charge is 0.237 e. The Kier molecular flexibility index (Phi) is 3.89. The van der Waals surface area contributed by atoms with Gasteiger partial charge >= 0.3 is 0 Å². The van der Waals surface area contributed by atoms with Crippen molar-refractivity contribution in [3.63, 3.8) is 0 Å². The summed E-state index contributed by atoms with van der Waals surface area (Å²) < 4.78 is 5.36. The number of likely N-dealkylation sites (N-methyl/N-ethyl adjacent to an activating group) is 1. The first-order chi connectivity index (χ1) is 6.57. The monoisotopic (exact) mass is 200 g/mol. The van der Waals surface area contributed by atoms with Gasteiger partial charge in [0.2, 0.25) is 5.91 Å². The lowest BCUT2D eigenvalue weighted by molar-refractivity contribution is -0.126. The van der Waals surface area contributed by atoms with Crippen molar-refractivity contribution in [2.45, 2.75) is 38.3 Å². The van der Waals surface area contributed by atoms with Crippen LogP contribution >= 0.6 is 0 Å². The van der Waals surface area contributed by atoms with E-state index in [1.165, 1.54) is 0 Å². The van der Waals surface area contributed by atoms with Crippen molar-refractivity contribution in [1.82, 2.24) is 10.6 Å². The van der Waals surface area contributed by atoms with Gasteiger partial charge in [-0.15, -0.1) is 0 Å². The van der Waals surface area contributed by atoms with E-state index in [0.29, 0.717) is 6.61 Å². The standard InChI is InChI=1S/C10H20N2O2/c1-8(11-3)9(13)12-10(2)5-4-6-14-7-10/h8,11H,4-7H2,1-3H3,(H,12,13). The van der Waals surface area contributed by atoms with E-state index >= 15 is 0 Å². The fraction of sp³-hybridized carbons (Fsp3) is 0.900. The van der Waals surface area contributed by atoms with Crippen LogP contribution in [0.15, 0.2) is 0 Å². The Labute approximate surface area is 85.4 Å². The second-order valence-corrected chi connectivity index (χ2v) is 4.22. The number of carbonyl (C=O) groups is 1. The molecule has 2 atom stereocenters. The second kappa shape index (κ2) is 4.75. The number of nitrogens with one attached hydrogen (secondary N) is 2. The molecule has 1 heterocycles. The maximum absolute atomic E-state index is 11.6. The molecule has 0 spiro atoms. The van der Waals surface area contributed by atoms with Gasteiger partial charge in [-0.1, -0.05) is 0 Å². The maximum atomic E-state index is 11.6. The summed E-state index contributed by atoms with van der Waals surface area (Å²) in [6.45, 7) is 5.32. The van der Waals surface area contributed by atoms with E-state index in [1.54, 1.807) is 7.05 Å². The van der Waals surface area contributed by atoms with E-state index in [-0.39, 0.29) is 17.5 Å². The molecule has 4 nitrogen and oxygen atoms in total. The van der Waals surface area contributed by atoms with Crippen molar-refractivity contribution in [2.24, 2.45) is 0 Å². The predicted molar refractivity (Wildman–Crippen MR) is 55.1 cm³/mol. The summed E-state index contributed by atoms with van der Waals surface area (Å²) in [4.78, 5) is 11.6. The van der Waals surface area contributed by atoms with Crippen LogP contribution in [0.2, 0.25) is 0 Å². The van der Waals surface area contributed by atoms with E-state index in [2.05, 4.69) is 10.6 Å². The molecule has 0 bridgehead atoms. The molecule has 0 aliphatic carbocycles. The minimum Gasteiger partial charge on any atom is -0.379 e. The largest absolute Gasteiger partial charge is 0.379 e. The van der Waals surface area contributed by atoms with Crippen LogP contribution in [-0.2, 0) is 9.53 Å². The summed E-state index contributed by atoms with van der Waals surface area (Å²) in [6.07, 6.45) is 2.01. The van der Waals surface area contributed by atoms with Gasteiger partial charge in [0.05, 0.1) is 18.2 Å². The maximum Gasteiger partial charge on any atom is 0.237 e. The quantitative estimate of drug-likeness (QED) is 0.688. The van der Waals surface area contributed by atoms with E-state index in [9.17, 15) is 4.79 Å². The second-order valence-electron chi connectivity index (χ2n) is 4.22. The lowest BCUT2D eigenvalue weighted by Crippen LogP contribution is -2.55.